The lowest BCUT2D eigenvalue weighted by Gasteiger charge is -2.12. The zero-order valence-corrected chi connectivity index (χ0v) is 9.12. The average Bonchev–Trinajstić information content (AvgIpc) is 2.29. The van der Waals surface area contributed by atoms with Crippen molar-refractivity contribution >= 4 is 5.91 Å². The first-order valence-corrected chi connectivity index (χ1v) is 4.69. The summed E-state index contributed by atoms with van der Waals surface area (Å²) in [4.78, 5) is 11.2. The van der Waals surface area contributed by atoms with E-state index in [4.69, 9.17) is 0 Å². The second-order valence-electron chi connectivity index (χ2n) is 3.00. The second kappa shape index (κ2) is 6.08. The first-order chi connectivity index (χ1) is 8.43. The number of halogens is 4. The van der Waals surface area contributed by atoms with E-state index in [1.165, 1.54) is 7.05 Å². The number of carbonyl (C=O) groups excluding carboxylic acids is 1. The van der Waals surface area contributed by atoms with Crippen LogP contribution < -0.4 is 14.8 Å². The minimum absolute atomic E-state index is 0.0187. The van der Waals surface area contributed by atoms with Gasteiger partial charge in [0, 0.05) is 12.6 Å². The standard InChI is InChI=1S/C10H9F4NO3/c1-15-8(16)5-2-3-6(17-9(11)12)7(4-5)18-10(13)14/h2-4,9-10H,1H3,(H,15,16). The zero-order chi connectivity index (χ0) is 13.7. The molecule has 18 heavy (non-hydrogen) atoms. The van der Waals surface area contributed by atoms with Crippen LogP contribution in [0.3, 0.4) is 0 Å². The molecule has 8 heteroatoms. The predicted octanol–water partition coefficient (Wildman–Crippen LogP) is 2.25. The van der Waals surface area contributed by atoms with E-state index in [1.807, 2.05) is 0 Å². The molecule has 0 aliphatic heterocycles. The number of ether oxygens (including phenoxy) is 2. The Hall–Kier alpha value is -1.99. The van der Waals surface area contributed by atoms with Crippen molar-refractivity contribution in [2.24, 2.45) is 0 Å². The first kappa shape index (κ1) is 14.1. The molecule has 0 saturated heterocycles. The van der Waals surface area contributed by atoms with E-state index in [0.717, 1.165) is 18.2 Å². The first-order valence-electron chi connectivity index (χ1n) is 4.69. The molecule has 0 saturated carbocycles. The Labute approximate surface area is 99.5 Å². The summed E-state index contributed by atoms with van der Waals surface area (Å²) >= 11 is 0. The van der Waals surface area contributed by atoms with Gasteiger partial charge in [-0.2, -0.15) is 17.6 Å². The van der Waals surface area contributed by atoms with Crippen molar-refractivity contribution < 1.29 is 31.8 Å². The van der Waals surface area contributed by atoms with Crippen molar-refractivity contribution in [2.45, 2.75) is 13.2 Å². The summed E-state index contributed by atoms with van der Waals surface area (Å²) in [6.07, 6.45) is 0. The fraction of sp³-hybridized carbons (Fsp3) is 0.300. The van der Waals surface area contributed by atoms with Crippen molar-refractivity contribution in [3.63, 3.8) is 0 Å². The number of nitrogens with one attached hydrogen (secondary N) is 1. The number of benzene rings is 1. The fourth-order valence-electron chi connectivity index (χ4n) is 1.18. The number of carbonyl (C=O) groups is 1. The Morgan fingerprint density at radius 1 is 1.11 bits per heavy atom. The highest BCUT2D eigenvalue weighted by atomic mass is 19.3. The number of amides is 1. The molecule has 4 nitrogen and oxygen atoms in total. The Morgan fingerprint density at radius 3 is 2.17 bits per heavy atom. The Bertz CT molecular complexity index is 426. The van der Waals surface area contributed by atoms with E-state index < -0.39 is 30.6 Å². The van der Waals surface area contributed by atoms with Gasteiger partial charge in [-0.15, -0.1) is 0 Å². The maximum absolute atomic E-state index is 12.1. The number of hydrogen-bond acceptors (Lipinski definition) is 3. The molecule has 1 aromatic carbocycles. The highest BCUT2D eigenvalue weighted by Crippen LogP contribution is 2.31. The van der Waals surface area contributed by atoms with Gasteiger partial charge in [-0.25, -0.2) is 0 Å². The fourth-order valence-corrected chi connectivity index (χ4v) is 1.18. The van der Waals surface area contributed by atoms with Gasteiger partial charge in [0.2, 0.25) is 0 Å². The van der Waals surface area contributed by atoms with Crippen molar-refractivity contribution in [3.8, 4) is 11.5 Å². The smallest absolute Gasteiger partial charge is 0.387 e. The quantitative estimate of drug-likeness (QED) is 0.832. The molecular formula is C10H9F4NO3. The molecule has 0 aromatic heterocycles. The molecule has 0 fully saturated rings. The Balaban J connectivity index is 3.07. The van der Waals surface area contributed by atoms with E-state index in [1.54, 1.807) is 0 Å². The molecule has 0 heterocycles. The molecule has 0 aliphatic carbocycles. The maximum Gasteiger partial charge on any atom is 0.387 e. The summed E-state index contributed by atoms with van der Waals surface area (Å²) in [5, 5.41) is 2.25. The normalized spacial score (nSPS) is 10.6. The number of rotatable bonds is 5. The van der Waals surface area contributed by atoms with Crippen LogP contribution in [-0.2, 0) is 0 Å². The Morgan fingerprint density at radius 2 is 1.67 bits per heavy atom. The highest BCUT2D eigenvalue weighted by molar-refractivity contribution is 5.94. The molecule has 0 bridgehead atoms. The zero-order valence-electron chi connectivity index (χ0n) is 9.12. The predicted molar refractivity (Wildman–Crippen MR) is 53.1 cm³/mol. The summed E-state index contributed by atoms with van der Waals surface area (Å²) in [7, 11) is 1.33. The van der Waals surface area contributed by atoms with Crippen LogP contribution in [0.4, 0.5) is 17.6 Å². The molecule has 0 aliphatic rings. The molecule has 1 N–H and O–H groups in total. The van der Waals surface area contributed by atoms with Crippen LogP contribution in [0.15, 0.2) is 18.2 Å². The van der Waals surface area contributed by atoms with Crippen LogP contribution >= 0.6 is 0 Å². The van der Waals surface area contributed by atoms with Crippen LogP contribution in [0.5, 0.6) is 11.5 Å². The summed E-state index contributed by atoms with van der Waals surface area (Å²) in [5.41, 5.74) is -0.0187. The van der Waals surface area contributed by atoms with E-state index >= 15 is 0 Å². The average molecular weight is 267 g/mol. The van der Waals surface area contributed by atoms with Gasteiger partial charge in [0.05, 0.1) is 0 Å². The minimum atomic E-state index is -3.22. The van der Waals surface area contributed by atoms with Crippen molar-refractivity contribution in [1.29, 1.82) is 0 Å². The lowest BCUT2D eigenvalue weighted by atomic mass is 10.2. The number of alkyl halides is 4. The third-order valence-corrected chi connectivity index (χ3v) is 1.87. The molecule has 0 radical (unpaired) electrons. The number of hydrogen-bond donors (Lipinski definition) is 1. The van der Waals surface area contributed by atoms with Crippen LogP contribution in [0.1, 0.15) is 10.4 Å². The van der Waals surface area contributed by atoms with Gasteiger partial charge in [0.1, 0.15) is 0 Å². The lowest BCUT2D eigenvalue weighted by Crippen LogP contribution is -2.18. The van der Waals surface area contributed by atoms with E-state index in [-0.39, 0.29) is 5.56 Å². The third-order valence-electron chi connectivity index (χ3n) is 1.87. The van der Waals surface area contributed by atoms with Gasteiger partial charge in [-0.1, -0.05) is 0 Å². The van der Waals surface area contributed by atoms with Gasteiger partial charge < -0.3 is 14.8 Å². The molecular weight excluding hydrogens is 258 g/mol. The van der Waals surface area contributed by atoms with E-state index in [0.29, 0.717) is 0 Å². The largest absolute Gasteiger partial charge is 0.431 e. The van der Waals surface area contributed by atoms with Crippen molar-refractivity contribution in [1.82, 2.24) is 5.32 Å². The van der Waals surface area contributed by atoms with E-state index in [2.05, 4.69) is 14.8 Å². The topological polar surface area (TPSA) is 47.6 Å². The van der Waals surface area contributed by atoms with Crippen LogP contribution in [0.25, 0.3) is 0 Å². The Kier molecular flexibility index (Phi) is 4.75. The van der Waals surface area contributed by atoms with E-state index in [9.17, 15) is 22.4 Å². The SMILES string of the molecule is CNC(=O)c1ccc(OC(F)F)c(OC(F)F)c1. The van der Waals surface area contributed by atoms with Gasteiger partial charge in [0.25, 0.3) is 5.91 Å². The van der Waals surface area contributed by atoms with Gasteiger partial charge in [-0.05, 0) is 18.2 Å². The van der Waals surface area contributed by atoms with Gasteiger partial charge in [0.15, 0.2) is 11.5 Å². The molecule has 0 unspecified atom stereocenters. The van der Waals surface area contributed by atoms with Gasteiger partial charge >= 0.3 is 13.2 Å². The van der Waals surface area contributed by atoms with Crippen molar-refractivity contribution in [2.75, 3.05) is 7.05 Å². The highest BCUT2D eigenvalue weighted by Gasteiger charge is 2.16. The van der Waals surface area contributed by atoms with Gasteiger partial charge in [-0.3, -0.25) is 4.79 Å². The maximum atomic E-state index is 12.1. The summed E-state index contributed by atoms with van der Waals surface area (Å²) < 4.78 is 56.2. The second-order valence-corrected chi connectivity index (χ2v) is 3.00. The molecule has 0 atom stereocenters. The minimum Gasteiger partial charge on any atom is -0.431 e. The van der Waals surface area contributed by atoms with Crippen LogP contribution in [0, 0.1) is 0 Å². The molecule has 1 rings (SSSR count). The lowest BCUT2D eigenvalue weighted by molar-refractivity contribution is -0.0692. The van der Waals surface area contributed by atoms with Crippen molar-refractivity contribution in [3.05, 3.63) is 23.8 Å². The third kappa shape index (κ3) is 3.79. The summed E-state index contributed by atoms with van der Waals surface area (Å²) in [6.45, 7) is -6.40. The molecule has 100 valence electrons. The molecule has 1 amide bonds. The summed E-state index contributed by atoms with van der Waals surface area (Å²) in [5.74, 6) is -1.78. The monoisotopic (exact) mass is 267 g/mol. The summed E-state index contributed by atoms with van der Waals surface area (Å²) in [6, 6.07) is 2.99. The van der Waals surface area contributed by atoms with Crippen LogP contribution in [0.2, 0.25) is 0 Å². The molecule has 1 aromatic rings. The van der Waals surface area contributed by atoms with Crippen LogP contribution in [-0.4, -0.2) is 26.2 Å². The molecule has 0 spiro atoms.